The maximum Gasteiger partial charge on any atom is 0.156 e. The Labute approximate surface area is 110 Å². The molecule has 1 N–H and O–H groups in total. The van der Waals surface area contributed by atoms with Gasteiger partial charge in [-0.2, -0.15) is 0 Å². The first-order valence-corrected chi connectivity index (χ1v) is 7.68. The van der Waals surface area contributed by atoms with Gasteiger partial charge in [0.25, 0.3) is 0 Å². The quantitative estimate of drug-likeness (QED) is 0.820. The molecule has 0 aromatic carbocycles. The summed E-state index contributed by atoms with van der Waals surface area (Å²) < 4.78 is 0. The zero-order valence-electron chi connectivity index (χ0n) is 11.9. The summed E-state index contributed by atoms with van der Waals surface area (Å²) in [6.45, 7) is 13.2. The topological polar surface area (TPSA) is 27.6 Å². The standard InChI is InChI=1S/C13H27N3S/c1-10(2)16(11(3)4)8-7-14-13-15-12(5)6-9-17-13/h10-12H,6-9H2,1-5H3,(H,14,15). The third-order valence-electron chi connectivity index (χ3n) is 3.10. The number of aliphatic imine (C=N–C) groups is 1. The van der Waals surface area contributed by atoms with E-state index >= 15 is 0 Å². The molecule has 1 aliphatic rings. The van der Waals surface area contributed by atoms with Crippen LogP contribution >= 0.6 is 11.8 Å². The SMILES string of the molecule is CC1CCSC(=NCCN(C(C)C)C(C)C)N1. The monoisotopic (exact) mass is 257 g/mol. The maximum atomic E-state index is 4.67. The minimum Gasteiger partial charge on any atom is -0.362 e. The predicted octanol–water partition coefficient (Wildman–Crippen LogP) is 2.58. The number of rotatable bonds is 5. The van der Waals surface area contributed by atoms with Gasteiger partial charge in [-0.1, -0.05) is 11.8 Å². The van der Waals surface area contributed by atoms with Gasteiger partial charge >= 0.3 is 0 Å². The van der Waals surface area contributed by atoms with E-state index in [0.717, 1.165) is 18.3 Å². The van der Waals surface area contributed by atoms with Crippen LogP contribution in [0.1, 0.15) is 41.0 Å². The summed E-state index contributed by atoms with van der Waals surface area (Å²) in [4.78, 5) is 7.15. The summed E-state index contributed by atoms with van der Waals surface area (Å²) in [7, 11) is 0. The second kappa shape index (κ2) is 7.27. The molecular formula is C13H27N3S. The molecule has 1 unspecified atom stereocenters. The molecular weight excluding hydrogens is 230 g/mol. The van der Waals surface area contributed by atoms with Crippen LogP contribution in [0.3, 0.4) is 0 Å². The Kier molecular flexibility index (Phi) is 6.34. The fraction of sp³-hybridized carbons (Fsp3) is 0.923. The minimum absolute atomic E-state index is 0.585. The van der Waals surface area contributed by atoms with Gasteiger partial charge in [0.05, 0.1) is 6.54 Å². The van der Waals surface area contributed by atoms with Crippen LogP contribution in [0, 0.1) is 0 Å². The highest BCUT2D eigenvalue weighted by Crippen LogP contribution is 2.13. The van der Waals surface area contributed by atoms with E-state index in [1.807, 2.05) is 11.8 Å². The van der Waals surface area contributed by atoms with E-state index in [1.54, 1.807) is 0 Å². The van der Waals surface area contributed by atoms with Crippen LogP contribution in [0.15, 0.2) is 4.99 Å². The van der Waals surface area contributed by atoms with Gasteiger partial charge in [0.15, 0.2) is 5.17 Å². The molecule has 1 aliphatic heterocycles. The Hall–Kier alpha value is -0.220. The lowest BCUT2D eigenvalue weighted by molar-refractivity contribution is 0.181. The van der Waals surface area contributed by atoms with Crippen LogP contribution in [0.25, 0.3) is 0 Å². The largest absolute Gasteiger partial charge is 0.362 e. The highest BCUT2D eigenvalue weighted by molar-refractivity contribution is 8.13. The Balaban J connectivity index is 2.36. The van der Waals surface area contributed by atoms with Gasteiger partial charge in [-0.3, -0.25) is 9.89 Å². The smallest absolute Gasteiger partial charge is 0.156 e. The molecule has 0 aliphatic carbocycles. The van der Waals surface area contributed by atoms with Gasteiger partial charge < -0.3 is 5.32 Å². The highest BCUT2D eigenvalue weighted by atomic mass is 32.2. The molecule has 0 radical (unpaired) electrons. The van der Waals surface area contributed by atoms with Crippen LogP contribution in [0.4, 0.5) is 0 Å². The summed E-state index contributed by atoms with van der Waals surface area (Å²) in [6, 6.07) is 1.78. The Morgan fingerprint density at radius 2 is 2.00 bits per heavy atom. The average Bonchev–Trinajstić information content (AvgIpc) is 2.23. The van der Waals surface area contributed by atoms with Crippen LogP contribution in [0.2, 0.25) is 0 Å². The summed E-state index contributed by atoms with van der Waals surface area (Å²) >= 11 is 1.86. The molecule has 3 nitrogen and oxygen atoms in total. The number of nitrogens with one attached hydrogen (secondary N) is 1. The Morgan fingerprint density at radius 3 is 2.53 bits per heavy atom. The van der Waals surface area contributed by atoms with Gasteiger partial charge in [-0.25, -0.2) is 0 Å². The number of nitrogens with zero attached hydrogens (tertiary/aromatic N) is 2. The normalized spacial score (nSPS) is 23.8. The van der Waals surface area contributed by atoms with Gasteiger partial charge in [0.2, 0.25) is 0 Å². The number of hydrogen-bond donors (Lipinski definition) is 1. The molecule has 0 aromatic heterocycles. The maximum absolute atomic E-state index is 4.67. The molecule has 0 amide bonds. The molecule has 1 fully saturated rings. The zero-order valence-corrected chi connectivity index (χ0v) is 12.7. The predicted molar refractivity (Wildman–Crippen MR) is 79.0 cm³/mol. The van der Waals surface area contributed by atoms with Gasteiger partial charge in [-0.15, -0.1) is 0 Å². The van der Waals surface area contributed by atoms with Crippen molar-refractivity contribution in [2.24, 2.45) is 4.99 Å². The van der Waals surface area contributed by atoms with Crippen molar-refractivity contribution < 1.29 is 0 Å². The summed E-state index contributed by atoms with van der Waals surface area (Å²) in [5.74, 6) is 1.20. The van der Waals surface area contributed by atoms with Crippen LogP contribution < -0.4 is 5.32 Å². The highest BCUT2D eigenvalue weighted by Gasteiger charge is 2.14. The van der Waals surface area contributed by atoms with E-state index in [4.69, 9.17) is 0 Å². The van der Waals surface area contributed by atoms with E-state index in [1.165, 1.54) is 12.2 Å². The lowest BCUT2D eigenvalue weighted by Crippen LogP contribution is -2.39. The van der Waals surface area contributed by atoms with E-state index in [0.29, 0.717) is 18.1 Å². The molecule has 0 saturated carbocycles. The molecule has 4 heteroatoms. The van der Waals surface area contributed by atoms with Gasteiger partial charge in [0.1, 0.15) is 0 Å². The second-order valence-corrected chi connectivity index (χ2v) is 6.38. The number of amidine groups is 1. The molecule has 0 spiro atoms. The van der Waals surface area contributed by atoms with Crippen molar-refractivity contribution >= 4 is 16.9 Å². The van der Waals surface area contributed by atoms with Crippen LogP contribution in [0.5, 0.6) is 0 Å². The Bertz CT molecular complexity index is 243. The van der Waals surface area contributed by atoms with E-state index in [2.05, 4.69) is 49.8 Å². The molecule has 1 atom stereocenters. The third-order valence-corrected chi connectivity index (χ3v) is 4.06. The molecule has 1 heterocycles. The van der Waals surface area contributed by atoms with Gasteiger partial charge in [-0.05, 0) is 41.0 Å². The fourth-order valence-corrected chi connectivity index (χ4v) is 3.26. The van der Waals surface area contributed by atoms with Crippen molar-refractivity contribution in [2.75, 3.05) is 18.8 Å². The number of thioether (sulfide) groups is 1. The fourth-order valence-electron chi connectivity index (χ4n) is 2.13. The summed E-state index contributed by atoms with van der Waals surface area (Å²) in [5, 5.41) is 4.58. The van der Waals surface area contributed by atoms with E-state index in [9.17, 15) is 0 Å². The van der Waals surface area contributed by atoms with Crippen molar-refractivity contribution in [1.29, 1.82) is 0 Å². The summed E-state index contributed by atoms with van der Waals surface area (Å²) in [5.41, 5.74) is 0. The third kappa shape index (κ3) is 5.30. The molecule has 17 heavy (non-hydrogen) atoms. The molecule has 100 valence electrons. The van der Waals surface area contributed by atoms with Crippen molar-refractivity contribution in [2.45, 2.75) is 59.2 Å². The van der Waals surface area contributed by atoms with Crippen molar-refractivity contribution in [3.8, 4) is 0 Å². The lowest BCUT2D eigenvalue weighted by atomic mass is 10.2. The van der Waals surface area contributed by atoms with Gasteiger partial charge in [0, 0.05) is 30.4 Å². The first-order valence-electron chi connectivity index (χ1n) is 6.70. The second-order valence-electron chi connectivity index (χ2n) is 5.29. The first kappa shape index (κ1) is 14.8. The van der Waals surface area contributed by atoms with Crippen molar-refractivity contribution in [1.82, 2.24) is 10.2 Å². The molecule has 0 aromatic rings. The van der Waals surface area contributed by atoms with Crippen LogP contribution in [-0.2, 0) is 0 Å². The average molecular weight is 257 g/mol. The van der Waals surface area contributed by atoms with E-state index < -0.39 is 0 Å². The molecule has 1 saturated heterocycles. The minimum atomic E-state index is 0.585. The van der Waals surface area contributed by atoms with E-state index in [-0.39, 0.29) is 0 Å². The molecule has 0 bridgehead atoms. The summed E-state index contributed by atoms with van der Waals surface area (Å²) in [6.07, 6.45) is 1.24. The van der Waals surface area contributed by atoms with Crippen molar-refractivity contribution in [3.05, 3.63) is 0 Å². The zero-order chi connectivity index (χ0) is 12.8. The first-order chi connectivity index (χ1) is 8.00. The van der Waals surface area contributed by atoms with Crippen LogP contribution in [-0.4, -0.2) is 47.0 Å². The van der Waals surface area contributed by atoms with Crippen molar-refractivity contribution in [3.63, 3.8) is 0 Å². The molecule has 1 rings (SSSR count). The lowest BCUT2D eigenvalue weighted by Gasteiger charge is -2.30. The number of hydrogen-bond acceptors (Lipinski definition) is 3. The Morgan fingerprint density at radius 1 is 1.35 bits per heavy atom.